The van der Waals surface area contributed by atoms with Gasteiger partial charge in [0, 0.05) is 25.7 Å². The Morgan fingerprint density at radius 2 is 1.70 bits per heavy atom. The van der Waals surface area contributed by atoms with E-state index < -0.39 is 10.0 Å². The van der Waals surface area contributed by atoms with Crippen LogP contribution in [0.5, 0.6) is 17.2 Å². The highest BCUT2D eigenvalue weighted by Crippen LogP contribution is 2.38. The Morgan fingerprint density at radius 1 is 1.07 bits per heavy atom. The summed E-state index contributed by atoms with van der Waals surface area (Å²) in [5, 5.41) is 0. The van der Waals surface area contributed by atoms with Crippen molar-refractivity contribution in [1.82, 2.24) is 4.90 Å². The Balaban J connectivity index is 1.82. The highest BCUT2D eigenvalue weighted by Gasteiger charge is 2.27. The second-order valence-electron chi connectivity index (χ2n) is 7.12. The number of ether oxygens (including phenoxy) is 3. The van der Waals surface area contributed by atoms with Crippen LogP contribution in [0.1, 0.15) is 21.5 Å². The quantitative estimate of drug-likeness (QED) is 0.665. The van der Waals surface area contributed by atoms with Crippen LogP contribution in [0.15, 0.2) is 30.3 Å². The first-order valence-corrected chi connectivity index (χ1v) is 11.2. The number of hydrogen-bond acceptors (Lipinski definition) is 6. The van der Waals surface area contributed by atoms with Crippen molar-refractivity contribution in [2.45, 2.75) is 13.0 Å². The third-order valence-electron chi connectivity index (χ3n) is 5.07. The van der Waals surface area contributed by atoms with Crippen molar-refractivity contribution in [2.75, 3.05) is 45.5 Å². The summed E-state index contributed by atoms with van der Waals surface area (Å²) < 4.78 is 41.2. The molecule has 0 saturated carbocycles. The number of carbonyl (C=O) groups excluding carboxylic acids is 1. The van der Waals surface area contributed by atoms with Gasteiger partial charge in [-0.2, -0.15) is 0 Å². The molecule has 1 aliphatic rings. The number of nitrogens with zero attached hydrogens (tertiary/aromatic N) is 2. The first-order valence-electron chi connectivity index (χ1n) is 9.34. The van der Waals surface area contributed by atoms with Crippen molar-refractivity contribution in [3.05, 3.63) is 47.0 Å². The second kappa shape index (κ2) is 8.43. The van der Waals surface area contributed by atoms with Crippen molar-refractivity contribution in [1.29, 1.82) is 0 Å². The fourth-order valence-corrected chi connectivity index (χ4v) is 4.60. The lowest BCUT2D eigenvalue weighted by Crippen LogP contribution is -2.28. The first-order chi connectivity index (χ1) is 14.2. The predicted octanol–water partition coefficient (Wildman–Crippen LogP) is 2.31. The largest absolute Gasteiger partial charge is 0.493 e. The molecule has 1 aliphatic heterocycles. The Morgan fingerprint density at radius 3 is 2.23 bits per heavy atom. The minimum Gasteiger partial charge on any atom is -0.493 e. The zero-order chi connectivity index (χ0) is 22.1. The van der Waals surface area contributed by atoms with E-state index in [4.69, 9.17) is 14.2 Å². The summed E-state index contributed by atoms with van der Waals surface area (Å²) in [5.74, 6) is 1.37. The van der Waals surface area contributed by atoms with Crippen LogP contribution in [0.4, 0.5) is 5.69 Å². The van der Waals surface area contributed by atoms with Crippen LogP contribution < -0.4 is 18.5 Å². The van der Waals surface area contributed by atoms with E-state index in [1.165, 1.54) is 17.7 Å². The molecule has 8 nitrogen and oxygen atoms in total. The van der Waals surface area contributed by atoms with Crippen molar-refractivity contribution < 1.29 is 27.4 Å². The minimum atomic E-state index is -3.32. The molecule has 0 fully saturated rings. The monoisotopic (exact) mass is 434 g/mol. The molecule has 0 spiro atoms. The van der Waals surface area contributed by atoms with E-state index in [9.17, 15) is 13.2 Å². The summed E-state index contributed by atoms with van der Waals surface area (Å²) >= 11 is 0. The number of amides is 1. The zero-order valence-corrected chi connectivity index (χ0v) is 18.6. The molecule has 0 unspecified atom stereocenters. The summed E-state index contributed by atoms with van der Waals surface area (Å²) in [6, 6.07) is 8.74. The van der Waals surface area contributed by atoms with E-state index in [0.717, 1.165) is 11.1 Å². The van der Waals surface area contributed by atoms with Crippen LogP contribution in [-0.4, -0.2) is 60.4 Å². The second-order valence-corrected chi connectivity index (χ2v) is 9.03. The zero-order valence-electron chi connectivity index (χ0n) is 17.8. The van der Waals surface area contributed by atoms with E-state index in [1.807, 2.05) is 0 Å². The number of carbonyl (C=O) groups is 1. The van der Waals surface area contributed by atoms with Crippen molar-refractivity contribution in [2.24, 2.45) is 0 Å². The van der Waals surface area contributed by atoms with Crippen LogP contribution in [-0.2, 0) is 23.0 Å². The Hall–Kier alpha value is -2.94. The molecule has 2 aromatic carbocycles. The van der Waals surface area contributed by atoms with Gasteiger partial charge in [-0.25, -0.2) is 8.42 Å². The van der Waals surface area contributed by atoms with Crippen molar-refractivity contribution >= 4 is 21.6 Å². The number of sulfonamides is 1. The molecule has 9 heteroatoms. The van der Waals surface area contributed by atoms with Crippen LogP contribution >= 0.6 is 0 Å². The number of benzene rings is 2. The standard InChI is InChI=1S/C21H26N2O6S/c1-22(13-14-10-18(27-2)20(29-4)19(11-14)28-3)21(24)16-6-7-17-15(12-16)8-9-23(17)30(5,25)26/h6-7,10-12H,8-9,13H2,1-5H3. The highest BCUT2D eigenvalue weighted by atomic mass is 32.2. The van der Waals surface area contributed by atoms with Gasteiger partial charge in [-0.1, -0.05) is 0 Å². The maximum Gasteiger partial charge on any atom is 0.253 e. The van der Waals surface area contributed by atoms with Crippen LogP contribution in [0, 0.1) is 0 Å². The van der Waals surface area contributed by atoms with E-state index >= 15 is 0 Å². The van der Waals surface area contributed by atoms with Gasteiger partial charge in [0.1, 0.15) is 0 Å². The molecule has 0 aromatic heterocycles. The SMILES string of the molecule is COc1cc(CN(C)C(=O)c2ccc3c(c2)CCN3S(C)(=O)=O)cc(OC)c1OC. The third kappa shape index (κ3) is 4.16. The minimum absolute atomic E-state index is 0.163. The van der Waals surface area contributed by atoms with Gasteiger partial charge in [0.05, 0.1) is 33.3 Å². The topological polar surface area (TPSA) is 85.4 Å². The van der Waals surface area contributed by atoms with Gasteiger partial charge in [0.15, 0.2) is 11.5 Å². The number of rotatable bonds is 7. The molecular weight excluding hydrogens is 408 g/mol. The third-order valence-corrected chi connectivity index (χ3v) is 6.25. The van der Waals surface area contributed by atoms with E-state index in [1.54, 1.807) is 56.5 Å². The molecule has 0 atom stereocenters. The molecule has 162 valence electrons. The summed E-state index contributed by atoms with van der Waals surface area (Å²) in [7, 11) is 3.01. The lowest BCUT2D eigenvalue weighted by Gasteiger charge is -2.20. The molecule has 0 saturated heterocycles. The Bertz CT molecular complexity index is 1040. The van der Waals surface area contributed by atoms with Crippen LogP contribution in [0.3, 0.4) is 0 Å². The summed E-state index contributed by atoms with van der Waals surface area (Å²) in [4.78, 5) is 14.6. The number of fused-ring (bicyclic) bond motifs is 1. The van der Waals surface area contributed by atoms with Gasteiger partial charge in [-0.15, -0.1) is 0 Å². The molecule has 0 aliphatic carbocycles. The van der Waals surface area contributed by atoms with Crippen molar-refractivity contribution in [3.63, 3.8) is 0 Å². The van der Waals surface area contributed by atoms with Gasteiger partial charge in [-0.3, -0.25) is 9.10 Å². The summed E-state index contributed by atoms with van der Waals surface area (Å²) in [5.41, 5.74) is 2.83. The van der Waals surface area contributed by atoms with Gasteiger partial charge in [0.25, 0.3) is 5.91 Å². The van der Waals surface area contributed by atoms with Gasteiger partial charge in [-0.05, 0) is 47.9 Å². The molecule has 0 bridgehead atoms. The van der Waals surface area contributed by atoms with Gasteiger partial charge >= 0.3 is 0 Å². The Labute approximate surface area is 177 Å². The van der Waals surface area contributed by atoms with Crippen LogP contribution in [0.2, 0.25) is 0 Å². The molecule has 0 radical (unpaired) electrons. The number of anilines is 1. The molecular formula is C21H26N2O6S. The normalized spacial score (nSPS) is 13.0. The summed E-state index contributed by atoms with van der Waals surface area (Å²) in [6.45, 7) is 0.731. The van der Waals surface area contributed by atoms with E-state index in [2.05, 4.69) is 0 Å². The molecule has 0 N–H and O–H groups in total. The number of methoxy groups -OCH3 is 3. The molecule has 1 heterocycles. The lowest BCUT2D eigenvalue weighted by molar-refractivity contribution is 0.0784. The average Bonchev–Trinajstić information content (AvgIpc) is 3.16. The van der Waals surface area contributed by atoms with Crippen LogP contribution in [0.25, 0.3) is 0 Å². The Kier molecular flexibility index (Phi) is 6.12. The maximum absolute atomic E-state index is 13.0. The molecule has 30 heavy (non-hydrogen) atoms. The predicted molar refractivity (Wildman–Crippen MR) is 114 cm³/mol. The smallest absolute Gasteiger partial charge is 0.253 e. The molecule has 3 rings (SSSR count). The number of hydrogen-bond donors (Lipinski definition) is 0. The lowest BCUT2D eigenvalue weighted by atomic mass is 10.1. The highest BCUT2D eigenvalue weighted by molar-refractivity contribution is 7.92. The average molecular weight is 435 g/mol. The van der Waals surface area contributed by atoms with Gasteiger partial charge < -0.3 is 19.1 Å². The van der Waals surface area contributed by atoms with E-state index in [0.29, 0.717) is 48.0 Å². The fourth-order valence-electron chi connectivity index (χ4n) is 3.64. The molecule has 2 aromatic rings. The fraction of sp³-hybridized carbons (Fsp3) is 0.381. The maximum atomic E-state index is 13.0. The summed E-state index contributed by atoms with van der Waals surface area (Å²) in [6.07, 6.45) is 1.77. The molecule has 1 amide bonds. The van der Waals surface area contributed by atoms with Crippen molar-refractivity contribution in [3.8, 4) is 17.2 Å². The van der Waals surface area contributed by atoms with Gasteiger partial charge in [0.2, 0.25) is 15.8 Å². The first kappa shape index (κ1) is 21.8. The van der Waals surface area contributed by atoms with E-state index in [-0.39, 0.29) is 5.91 Å².